The molecule has 0 bridgehead atoms. The minimum absolute atomic E-state index is 0.00692. The minimum atomic E-state index is -3.52. The minimum Gasteiger partial charge on any atom is -0.398 e. The number of nitrogens with two attached hydrogens (primary N) is 1. The van der Waals surface area contributed by atoms with E-state index < -0.39 is 10.0 Å². The summed E-state index contributed by atoms with van der Waals surface area (Å²) in [6.07, 6.45) is 1.05. The molecule has 3 unspecified atom stereocenters. The third-order valence-corrected chi connectivity index (χ3v) is 6.40. The Hall–Kier alpha value is -0.780. The molecule has 3 atom stereocenters. The van der Waals surface area contributed by atoms with Crippen molar-refractivity contribution in [2.75, 3.05) is 12.3 Å². The van der Waals surface area contributed by atoms with Crippen molar-refractivity contribution in [2.45, 2.75) is 38.1 Å². The van der Waals surface area contributed by atoms with Gasteiger partial charge in [-0.2, -0.15) is 4.31 Å². The topological polar surface area (TPSA) is 63.4 Å². The summed E-state index contributed by atoms with van der Waals surface area (Å²) in [5.74, 6) is 0.706. The summed E-state index contributed by atoms with van der Waals surface area (Å²) < 4.78 is 27.1. The van der Waals surface area contributed by atoms with Crippen LogP contribution in [-0.2, 0) is 10.0 Å². The summed E-state index contributed by atoms with van der Waals surface area (Å²) >= 11 is 5.94. The number of piperidine rings is 1. The second kappa shape index (κ2) is 5.54. The zero-order valence-electron chi connectivity index (χ0n) is 12.0. The molecule has 1 aliphatic heterocycles. The fourth-order valence-corrected chi connectivity index (χ4v) is 4.90. The van der Waals surface area contributed by atoms with E-state index >= 15 is 0 Å². The van der Waals surface area contributed by atoms with E-state index in [4.69, 9.17) is 17.3 Å². The predicted octanol–water partition coefficient (Wildman–Crippen LogP) is 2.98. The molecule has 1 heterocycles. The Kier molecular flexibility index (Phi) is 4.33. The first-order valence-electron chi connectivity index (χ1n) is 6.80. The second-order valence-electron chi connectivity index (χ2n) is 5.82. The molecule has 1 aromatic carbocycles. The molecule has 1 fully saturated rings. The lowest BCUT2D eigenvalue weighted by molar-refractivity contribution is 0.157. The Morgan fingerprint density at radius 1 is 1.30 bits per heavy atom. The highest BCUT2D eigenvalue weighted by molar-refractivity contribution is 7.89. The average molecular weight is 317 g/mol. The molecule has 0 amide bonds. The van der Waals surface area contributed by atoms with Gasteiger partial charge in [0.25, 0.3) is 0 Å². The number of hydrogen-bond donors (Lipinski definition) is 1. The molecule has 20 heavy (non-hydrogen) atoms. The maximum absolute atomic E-state index is 12.8. The molecule has 0 aliphatic carbocycles. The number of hydrogen-bond acceptors (Lipinski definition) is 3. The van der Waals surface area contributed by atoms with Gasteiger partial charge in [0.05, 0.1) is 15.6 Å². The molecule has 6 heteroatoms. The first kappa shape index (κ1) is 15.6. The van der Waals surface area contributed by atoms with Gasteiger partial charge in [0.1, 0.15) is 0 Å². The molecule has 0 radical (unpaired) electrons. The van der Waals surface area contributed by atoms with Crippen LogP contribution in [0.25, 0.3) is 0 Å². The fraction of sp³-hybridized carbons (Fsp3) is 0.571. The number of rotatable bonds is 2. The Morgan fingerprint density at radius 2 is 1.95 bits per heavy atom. The van der Waals surface area contributed by atoms with Crippen LogP contribution in [0.3, 0.4) is 0 Å². The van der Waals surface area contributed by atoms with Crippen LogP contribution in [-0.4, -0.2) is 25.3 Å². The van der Waals surface area contributed by atoms with Crippen molar-refractivity contribution < 1.29 is 8.42 Å². The lowest BCUT2D eigenvalue weighted by atomic mass is 9.88. The highest BCUT2D eigenvalue weighted by atomic mass is 35.5. The monoisotopic (exact) mass is 316 g/mol. The lowest BCUT2D eigenvalue weighted by Crippen LogP contribution is -2.48. The van der Waals surface area contributed by atoms with Crippen LogP contribution >= 0.6 is 11.6 Å². The van der Waals surface area contributed by atoms with Gasteiger partial charge in [0, 0.05) is 12.6 Å². The zero-order chi connectivity index (χ0) is 15.1. The number of halogens is 1. The first-order valence-corrected chi connectivity index (χ1v) is 8.62. The van der Waals surface area contributed by atoms with Crippen molar-refractivity contribution in [2.24, 2.45) is 11.8 Å². The van der Waals surface area contributed by atoms with Crippen molar-refractivity contribution in [3.05, 3.63) is 23.2 Å². The van der Waals surface area contributed by atoms with Gasteiger partial charge in [-0.1, -0.05) is 25.4 Å². The van der Waals surface area contributed by atoms with Crippen LogP contribution in [0.1, 0.15) is 27.2 Å². The van der Waals surface area contributed by atoms with E-state index in [2.05, 4.69) is 13.8 Å². The van der Waals surface area contributed by atoms with Crippen LogP contribution in [0.2, 0.25) is 5.02 Å². The van der Waals surface area contributed by atoms with Gasteiger partial charge in [-0.25, -0.2) is 8.42 Å². The molecule has 112 valence electrons. The molecule has 2 rings (SSSR count). The predicted molar refractivity (Wildman–Crippen MR) is 82.2 cm³/mol. The van der Waals surface area contributed by atoms with Gasteiger partial charge in [-0.3, -0.25) is 0 Å². The molecule has 1 aliphatic rings. The van der Waals surface area contributed by atoms with Gasteiger partial charge >= 0.3 is 0 Å². The third kappa shape index (κ3) is 2.80. The Bertz CT molecular complexity index is 603. The van der Waals surface area contributed by atoms with E-state index in [1.54, 1.807) is 4.31 Å². The zero-order valence-corrected chi connectivity index (χ0v) is 13.6. The summed E-state index contributed by atoms with van der Waals surface area (Å²) in [5, 5.41) is 0.275. The molecule has 0 aromatic heterocycles. The number of anilines is 1. The smallest absolute Gasteiger partial charge is 0.243 e. The van der Waals surface area contributed by atoms with Gasteiger partial charge in [-0.05, 0) is 43.4 Å². The number of nitrogens with zero attached hydrogens (tertiary/aromatic N) is 1. The normalized spacial score (nSPS) is 28.5. The average Bonchev–Trinajstić information content (AvgIpc) is 2.36. The van der Waals surface area contributed by atoms with E-state index in [9.17, 15) is 8.42 Å². The maximum Gasteiger partial charge on any atom is 0.243 e. The van der Waals surface area contributed by atoms with E-state index in [0.29, 0.717) is 24.1 Å². The first-order chi connectivity index (χ1) is 9.23. The number of nitrogen functional groups attached to an aromatic ring is 1. The van der Waals surface area contributed by atoms with Gasteiger partial charge < -0.3 is 5.73 Å². The second-order valence-corrected chi connectivity index (χ2v) is 8.11. The lowest BCUT2D eigenvalue weighted by Gasteiger charge is -2.40. The van der Waals surface area contributed by atoms with Crippen molar-refractivity contribution >= 4 is 27.3 Å². The maximum atomic E-state index is 12.8. The third-order valence-electron chi connectivity index (χ3n) is 4.12. The summed E-state index contributed by atoms with van der Waals surface area (Å²) in [6.45, 7) is 6.70. The Balaban J connectivity index is 2.40. The standard InChI is InChI=1S/C14H21ClN2O2S/c1-9-6-10(2)11(3)17(8-9)20(18,19)12-4-5-14(16)13(15)7-12/h4-5,7,9-11H,6,8,16H2,1-3H3. The van der Waals surface area contributed by atoms with Crippen molar-refractivity contribution in [3.8, 4) is 0 Å². The molecular formula is C14H21ClN2O2S. The van der Waals surface area contributed by atoms with E-state index in [-0.39, 0.29) is 16.0 Å². The van der Waals surface area contributed by atoms with Crippen LogP contribution in [0.15, 0.2) is 23.1 Å². The van der Waals surface area contributed by atoms with Crippen LogP contribution < -0.4 is 5.73 Å². The van der Waals surface area contributed by atoms with Crippen LogP contribution in [0.4, 0.5) is 5.69 Å². The van der Waals surface area contributed by atoms with Crippen LogP contribution in [0.5, 0.6) is 0 Å². The molecule has 4 nitrogen and oxygen atoms in total. The SMILES string of the molecule is CC1CC(C)C(C)N(S(=O)(=O)c2ccc(N)c(Cl)c2)C1. The van der Waals surface area contributed by atoms with E-state index in [0.717, 1.165) is 6.42 Å². The summed E-state index contributed by atoms with van der Waals surface area (Å²) in [5.41, 5.74) is 6.03. The molecule has 0 spiro atoms. The summed E-state index contributed by atoms with van der Waals surface area (Å²) in [7, 11) is -3.52. The van der Waals surface area contributed by atoms with E-state index in [1.165, 1.54) is 18.2 Å². The quantitative estimate of drug-likeness (QED) is 0.853. The van der Waals surface area contributed by atoms with Gasteiger partial charge in [0.15, 0.2) is 0 Å². The largest absolute Gasteiger partial charge is 0.398 e. The molecule has 1 aromatic rings. The number of sulfonamides is 1. The van der Waals surface area contributed by atoms with Crippen molar-refractivity contribution in [1.29, 1.82) is 0 Å². The van der Waals surface area contributed by atoms with Gasteiger partial charge in [-0.15, -0.1) is 0 Å². The number of benzene rings is 1. The molecule has 0 saturated carbocycles. The Labute approximate surface area is 126 Å². The molecule has 1 saturated heterocycles. The fourth-order valence-electron chi connectivity index (χ4n) is 2.78. The molecule has 2 N–H and O–H groups in total. The highest BCUT2D eigenvalue weighted by Gasteiger charge is 2.37. The Morgan fingerprint density at radius 3 is 2.55 bits per heavy atom. The van der Waals surface area contributed by atoms with Crippen molar-refractivity contribution in [1.82, 2.24) is 4.31 Å². The van der Waals surface area contributed by atoms with Crippen molar-refractivity contribution in [3.63, 3.8) is 0 Å². The summed E-state index contributed by atoms with van der Waals surface area (Å²) in [6, 6.07) is 4.49. The molecular weight excluding hydrogens is 296 g/mol. The van der Waals surface area contributed by atoms with Crippen LogP contribution in [0, 0.1) is 11.8 Å². The summed E-state index contributed by atoms with van der Waals surface area (Å²) in [4.78, 5) is 0.213. The van der Waals surface area contributed by atoms with Gasteiger partial charge in [0.2, 0.25) is 10.0 Å². The van der Waals surface area contributed by atoms with E-state index in [1.807, 2.05) is 6.92 Å². The highest BCUT2D eigenvalue weighted by Crippen LogP contribution is 2.33.